The van der Waals surface area contributed by atoms with Gasteiger partial charge in [-0.3, -0.25) is 19.7 Å². The van der Waals surface area contributed by atoms with Gasteiger partial charge in [0.1, 0.15) is 6.33 Å². The van der Waals surface area contributed by atoms with Gasteiger partial charge in [0.25, 0.3) is 5.56 Å². The molecular weight excluding hydrogens is 330 g/mol. The lowest BCUT2D eigenvalue weighted by molar-refractivity contribution is 0.253. The minimum atomic E-state index is -0.411. The van der Waals surface area contributed by atoms with Crippen molar-refractivity contribution in [1.82, 2.24) is 19.5 Å². The van der Waals surface area contributed by atoms with E-state index in [1.807, 2.05) is 0 Å². The Morgan fingerprint density at radius 2 is 1.81 bits per heavy atom. The fourth-order valence-electron chi connectivity index (χ4n) is 2.86. The van der Waals surface area contributed by atoms with Crippen molar-refractivity contribution in [2.24, 2.45) is 0 Å². The molecule has 2 heterocycles. The molecule has 2 N–H and O–H groups in total. The summed E-state index contributed by atoms with van der Waals surface area (Å²) >= 11 is 0. The van der Waals surface area contributed by atoms with Crippen LogP contribution in [0.1, 0.15) is 70.4 Å². The van der Waals surface area contributed by atoms with Crippen LogP contribution in [-0.4, -0.2) is 25.6 Å². The average Bonchev–Trinajstić information content (AvgIpc) is 3.14. The van der Waals surface area contributed by atoms with Crippen LogP contribution < -0.4 is 10.9 Å². The zero-order chi connectivity index (χ0) is 18.6. The third kappa shape index (κ3) is 7.21. The fourth-order valence-corrected chi connectivity index (χ4v) is 2.86. The summed E-state index contributed by atoms with van der Waals surface area (Å²) in [6.07, 6.45) is 16.4. The maximum Gasteiger partial charge on any atom is 0.333 e. The maximum atomic E-state index is 12.0. The van der Waals surface area contributed by atoms with Crippen LogP contribution in [-0.2, 0) is 6.42 Å². The molecule has 26 heavy (non-hydrogen) atoms. The topological polar surface area (TPSA) is 92.7 Å². The molecule has 2 aromatic heterocycles. The lowest BCUT2D eigenvalue weighted by Gasteiger charge is -2.06. The van der Waals surface area contributed by atoms with E-state index >= 15 is 0 Å². The highest BCUT2D eigenvalue weighted by Crippen LogP contribution is 2.11. The molecule has 0 aromatic carbocycles. The number of carbonyl (C=O) groups excluding carboxylic acids is 1. The maximum absolute atomic E-state index is 12.0. The van der Waals surface area contributed by atoms with Gasteiger partial charge >= 0.3 is 6.03 Å². The highest BCUT2D eigenvalue weighted by Gasteiger charge is 2.07. The predicted molar refractivity (Wildman–Crippen MR) is 102 cm³/mol. The second-order valence-electron chi connectivity index (χ2n) is 6.56. The Morgan fingerprint density at radius 3 is 2.46 bits per heavy atom. The predicted octanol–water partition coefficient (Wildman–Crippen LogP) is 4.12. The molecule has 0 aliphatic heterocycles. The van der Waals surface area contributed by atoms with Crippen molar-refractivity contribution in [2.75, 3.05) is 5.32 Å². The molecule has 142 valence electrons. The number of anilines is 1. The average molecular weight is 359 g/mol. The van der Waals surface area contributed by atoms with E-state index in [0.717, 1.165) is 19.3 Å². The number of amides is 1. The Hall–Kier alpha value is -2.44. The smallest absolute Gasteiger partial charge is 0.292 e. The number of hydrogen-bond donors (Lipinski definition) is 2. The van der Waals surface area contributed by atoms with Crippen LogP contribution in [0.25, 0.3) is 0 Å². The molecule has 0 bridgehead atoms. The summed E-state index contributed by atoms with van der Waals surface area (Å²) in [5.41, 5.74) is 0.449. The molecule has 0 saturated heterocycles. The van der Waals surface area contributed by atoms with Crippen molar-refractivity contribution >= 4 is 12.0 Å². The lowest BCUT2D eigenvalue weighted by atomic mass is 10.1. The summed E-state index contributed by atoms with van der Waals surface area (Å²) in [5, 5.41) is 2.58. The monoisotopic (exact) mass is 359 g/mol. The van der Waals surface area contributed by atoms with E-state index in [1.165, 1.54) is 74.3 Å². The highest BCUT2D eigenvalue weighted by atomic mass is 16.2. The van der Waals surface area contributed by atoms with Crippen LogP contribution in [0.4, 0.5) is 10.7 Å². The number of aryl methyl sites for hydroxylation is 1. The van der Waals surface area contributed by atoms with Gasteiger partial charge < -0.3 is 0 Å². The highest BCUT2D eigenvalue weighted by molar-refractivity contribution is 5.89. The number of hydrogen-bond acceptors (Lipinski definition) is 4. The number of nitrogens with one attached hydrogen (secondary N) is 2. The van der Waals surface area contributed by atoms with Gasteiger partial charge in [-0.1, -0.05) is 58.3 Å². The van der Waals surface area contributed by atoms with Crippen LogP contribution in [0.2, 0.25) is 0 Å². The van der Waals surface area contributed by atoms with Gasteiger partial charge in [0.05, 0.1) is 0 Å². The van der Waals surface area contributed by atoms with E-state index in [0.29, 0.717) is 5.69 Å². The third-order valence-electron chi connectivity index (χ3n) is 4.30. The number of aromatic nitrogens is 4. The third-order valence-corrected chi connectivity index (χ3v) is 4.30. The molecule has 0 aliphatic carbocycles. The zero-order valence-corrected chi connectivity index (χ0v) is 15.5. The molecule has 0 saturated carbocycles. The Bertz CT molecular complexity index is 709. The zero-order valence-electron chi connectivity index (χ0n) is 15.5. The number of nitrogens with zero attached hydrogens (tertiary/aromatic N) is 3. The van der Waals surface area contributed by atoms with Crippen LogP contribution in [0.3, 0.4) is 0 Å². The molecular formula is C19H29N5O2. The number of H-pyrrole nitrogens is 1. The largest absolute Gasteiger partial charge is 0.333 e. The van der Waals surface area contributed by atoms with Crippen molar-refractivity contribution in [3.05, 3.63) is 40.8 Å². The summed E-state index contributed by atoms with van der Waals surface area (Å²) < 4.78 is 1.28. The van der Waals surface area contributed by atoms with Gasteiger partial charge in [0.2, 0.25) is 5.95 Å². The van der Waals surface area contributed by atoms with Gasteiger partial charge in [0.15, 0.2) is 0 Å². The molecule has 1 amide bonds. The number of aromatic amines is 1. The summed E-state index contributed by atoms with van der Waals surface area (Å²) in [7, 11) is 0. The normalized spacial score (nSPS) is 10.8. The van der Waals surface area contributed by atoms with Gasteiger partial charge in [-0.05, 0) is 12.8 Å². The molecule has 7 nitrogen and oxygen atoms in total. The standard InChI is InChI=1S/C19H29N5O2/c1-2-3-4-5-6-7-8-9-10-11-16-14-17(25)22-18(21-16)23-19(26)24-13-12-20-15-24/h12-15H,2-11H2,1H3,(H2,21,22,23,25,26). The summed E-state index contributed by atoms with van der Waals surface area (Å²) in [6, 6.07) is 1.09. The summed E-state index contributed by atoms with van der Waals surface area (Å²) in [5.74, 6) is 0.169. The van der Waals surface area contributed by atoms with Crippen molar-refractivity contribution in [2.45, 2.75) is 71.1 Å². The van der Waals surface area contributed by atoms with Crippen LogP contribution in [0.15, 0.2) is 29.6 Å². The Labute approximate surface area is 154 Å². The molecule has 0 spiro atoms. The van der Waals surface area contributed by atoms with Crippen molar-refractivity contribution < 1.29 is 4.79 Å². The molecule has 0 aliphatic rings. The molecule has 0 atom stereocenters. The van der Waals surface area contributed by atoms with E-state index in [-0.39, 0.29) is 11.5 Å². The first kappa shape index (κ1) is 19.9. The first-order valence-corrected chi connectivity index (χ1v) is 9.58. The van der Waals surface area contributed by atoms with Crippen LogP contribution in [0, 0.1) is 0 Å². The number of unbranched alkanes of at least 4 members (excludes halogenated alkanes) is 8. The van der Waals surface area contributed by atoms with Gasteiger partial charge in [-0.25, -0.2) is 14.8 Å². The SMILES string of the molecule is CCCCCCCCCCCc1cc(=O)[nH]c(NC(=O)n2ccnc2)n1. The molecule has 0 unspecified atom stereocenters. The van der Waals surface area contributed by atoms with Crippen LogP contribution >= 0.6 is 0 Å². The summed E-state index contributed by atoms with van der Waals surface area (Å²) in [6.45, 7) is 2.23. The lowest BCUT2D eigenvalue weighted by Crippen LogP contribution is -2.22. The molecule has 0 fully saturated rings. The number of carbonyl (C=O) groups is 1. The van der Waals surface area contributed by atoms with Gasteiger partial charge in [-0.15, -0.1) is 0 Å². The minimum absolute atomic E-state index is 0.169. The van der Waals surface area contributed by atoms with E-state index in [1.54, 1.807) is 0 Å². The Balaban J connectivity index is 1.72. The Morgan fingerprint density at radius 1 is 1.12 bits per heavy atom. The fraction of sp³-hybridized carbons (Fsp3) is 0.579. The van der Waals surface area contributed by atoms with Gasteiger partial charge in [-0.2, -0.15) is 0 Å². The van der Waals surface area contributed by atoms with E-state index in [2.05, 4.69) is 27.2 Å². The number of rotatable bonds is 11. The van der Waals surface area contributed by atoms with Crippen molar-refractivity contribution in [3.8, 4) is 0 Å². The van der Waals surface area contributed by atoms with Gasteiger partial charge in [0, 0.05) is 24.2 Å². The van der Waals surface area contributed by atoms with Crippen molar-refractivity contribution in [1.29, 1.82) is 0 Å². The van der Waals surface area contributed by atoms with E-state index < -0.39 is 6.03 Å². The molecule has 2 rings (SSSR count). The first-order valence-electron chi connectivity index (χ1n) is 9.58. The second-order valence-corrected chi connectivity index (χ2v) is 6.56. The van der Waals surface area contributed by atoms with Crippen LogP contribution in [0.5, 0.6) is 0 Å². The minimum Gasteiger partial charge on any atom is -0.292 e. The number of imidazole rings is 1. The molecule has 2 aromatic rings. The molecule has 0 radical (unpaired) electrons. The Kier molecular flexibility index (Phi) is 8.59. The van der Waals surface area contributed by atoms with E-state index in [4.69, 9.17) is 0 Å². The quantitative estimate of drug-likeness (QED) is 0.590. The second kappa shape index (κ2) is 11.2. The van der Waals surface area contributed by atoms with Crippen molar-refractivity contribution in [3.63, 3.8) is 0 Å². The summed E-state index contributed by atoms with van der Waals surface area (Å²) in [4.78, 5) is 34.4. The van der Waals surface area contributed by atoms with E-state index in [9.17, 15) is 9.59 Å². The molecule has 7 heteroatoms. The first-order chi connectivity index (χ1) is 12.7.